The lowest BCUT2D eigenvalue weighted by Gasteiger charge is -2.05. The average Bonchev–Trinajstić information content (AvgIpc) is 2.80. The molecule has 0 fully saturated rings. The molecular weight excluding hydrogens is 313 g/mol. The second kappa shape index (κ2) is 5.02. The van der Waals surface area contributed by atoms with Crippen LogP contribution < -0.4 is 0 Å². The fourth-order valence-electron chi connectivity index (χ4n) is 2.08. The van der Waals surface area contributed by atoms with E-state index >= 15 is 0 Å². The third-order valence-corrected chi connectivity index (χ3v) is 3.76. The maximum Gasteiger partial charge on any atom is 0.338 e. The van der Waals surface area contributed by atoms with E-state index in [-0.39, 0.29) is 5.56 Å². The third-order valence-electron chi connectivity index (χ3n) is 3.03. The molecule has 7 heteroatoms. The lowest BCUT2D eigenvalue weighted by atomic mass is 10.1. The Bertz CT molecular complexity index is 874. The van der Waals surface area contributed by atoms with E-state index in [2.05, 4.69) is 15.0 Å². The summed E-state index contributed by atoms with van der Waals surface area (Å²) in [5, 5.41) is 10.1. The number of imidazole rings is 1. The number of aromatic amines is 1. The van der Waals surface area contributed by atoms with Crippen LogP contribution in [-0.2, 0) is 0 Å². The second-order valence-electron chi connectivity index (χ2n) is 4.51. The number of aryl methyl sites for hydroxylation is 1. The van der Waals surface area contributed by atoms with Gasteiger partial charge in [0.05, 0.1) is 26.8 Å². The van der Waals surface area contributed by atoms with Gasteiger partial charge in [0, 0.05) is 5.56 Å². The Balaban J connectivity index is 2.27. The lowest BCUT2D eigenvalue weighted by molar-refractivity contribution is 0.0699. The van der Waals surface area contributed by atoms with Gasteiger partial charge < -0.3 is 10.1 Å². The van der Waals surface area contributed by atoms with Gasteiger partial charge in [-0.1, -0.05) is 29.3 Å². The highest BCUT2D eigenvalue weighted by atomic mass is 35.5. The Kier molecular flexibility index (Phi) is 3.31. The summed E-state index contributed by atoms with van der Waals surface area (Å²) in [6.07, 6.45) is 0. The molecule has 21 heavy (non-hydrogen) atoms. The Morgan fingerprint density at radius 1 is 1.19 bits per heavy atom. The van der Waals surface area contributed by atoms with E-state index in [0.29, 0.717) is 38.3 Å². The molecule has 2 aromatic heterocycles. The van der Waals surface area contributed by atoms with Crippen molar-refractivity contribution in [1.82, 2.24) is 15.0 Å². The number of nitrogens with zero attached hydrogens (tertiary/aromatic N) is 2. The molecule has 2 N–H and O–H groups in total. The average molecular weight is 322 g/mol. The van der Waals surface area contributed by atoms with Gasteiger partial charge in [0.25, 0.3) is 0 Å². The van der Waals surface area contributed by atoms with Crippen LogP contribution in [0.1, 0.15) is 16.2 Å². The second-order valence-corrected chi connectivity index (χ2v) is 5.32. The number of benzene rings is 1. The number of carboxylic acid groups (broad SMARTS) is 1. The minimum Gasteiger partial charge on any atom is -0.478 e. The molecular formula is C14H9Cl2N3O2. The fraction of sp³-hybridized carbons (Fsp3) is 0.0714. The molecule has 0 saturated heterocycles. The maximum absolute atomic E-state index is 11.4. The number of hydrogen-bond donors (Lipinski definition) is 2. The molecule has 1 aromatic carbocycles. The molecule has 0 atom stereocenters. The topological polar surface area (TPSA) is 78.9 Å². The number of carbonyl (C=O) groups is 1. The third kappa shape index (κ3) is 2.46. The summed E-state index contributed by atoms with van der Waals surface area (Å²) in [7, 11) is 0. The van der Waals surface area contributed by atoms with E-state index in [9.17, 15) is 9.90 Å². The molecule has 3 aromatic rings. The normalized spacial score (nSPS) is 11.0. The molecule has 0 aliphatic rings. The van der Waals surface area contributed by atoms with Gasteiger partial charge >= 0.3 is 5.97 Å². The first-order chi connectivity index (χ1) is 9.95. The van der Waals surface area contributed by atoms with Gasteiger partial charge in [-0.25, -0.2) is 14.8 Å². The number of halogens is 2. The van der Waals surface area contributed by atoms with Gasteiger partial charge in [0.15, 0.2) is 5.65 Å². The largest absolute Gasteiger partial charge is 0.478 e. The van der Waals surface area contributed by atoms with Gasteiger partial charge in [-0.05, 0) is 25.1 Å². The first kappa shape index (κ1) is 13.9. The van der Waals surface area contributed by atoms with Crippen molar-refractivity contribution in [3.05, 3.63) is 45.7 Å². The molecule has 3 rings (SSSR count). The van der Waals surface area contributed by atoms with Crippen LogP contribution in [0.15, 0.2) is 24.3 Å². The molecule has 2 heterocycles. The first-order valence-electron chi connectivity index (χ1n) is 6.02. The number of fused-ring (bicyclic) bond motifs is 1. The summed E-state index contributed by atoms with van der Waals surface area (Å²) in [5.41, 5.74) is 2.03. The van der Waals surface area contributed by atoms with Crippen LogP contribution in [0.25, 0.3) is 22.4 Å². The summed E-state index contributed by atoms with van der Waals surface area (Å²) < 4.78 is 0. The summed E-state index contributed by atoms with van der Waals surface area (Å²) in [6.45, 7) is 1.74. The van der Waals surface area contributed by atoms with Crippen molar-refractivity contribution in [2.75, 3.05) is 0 Å². The SMILES string of the molecule is Cc1nc2nc(-c3ccc(Cl)c(Cl)c3)cc(C(=O)O)c2[nH]1. The zero-order chi connectivity index (χ0) is 15.1. The molecule has 0 saturated carbocycles. The van der Waals surface area contributed by atoms with Crippen molar-refractivity contribution in [2.24, 2.45) is 0 Å². The number of hydrogen-bond acceptors (Lipinski definition) is 3. The van der Waals surface area contributed by atoms with Crippen molar-refractivity contribution in [2.45, 2.75) is 6.92 Å². The summed E-state index contributed by atoms with van der Waals surface area (Å²) in [5.74, 6) is -0.446. The van der Waals surface area contributed by atoms with Crippen molar-refractivity contribution in [3.8, 4) is 11.3 Å². The molecule has 0 aliphatic carbocycles. The van der Waals surface area contributed by atoms with E-state index in [0.717, 1.165) is 0 Å². The number of H-pyrrole nitrogens is 1. The molecule has 106 valence electrons. The summed E-state index contributed by atoms with van der Waals surface area (Å²) in [6, 6.07) is 6.50. The van der Waals surface area contributed by atoms with Gasteiger partial charge in [-0.2, -0.15) is 0 Å². The lowest BCUT2D eigenvalue weighted by Crippen LogP contribution is -2.00. The highest BCUT2D eigenvalue weighted by molar-refractivity contribution is 6.42. The Labute approximate surface area is 129 Å². The number of pyridine rings is 1. The molecule has 0 aliphatic heterocycles. The summed E-state index contributed by atoms with van der Waals surface area (Å²) in [4.78, 5) is 22.9. The van der Waals surface area contributed by atoms with E-state index < -0.39 is 5.97 Å². The van der Waals surface area contributed by atoms with E-state index in [4.69, 9.17) is 23.2 Å². The first-order valence-corrected chi connectivity index (χ1v) is 6.77. The van der Waals surface area contributed by atoms with E-state index in [1.165, 1.54) is 6.07 Å². The van der Waals surface area contributed by atoms with Gasteiger partial charge in [0.2, 0.25) is 0 Å². The van der Waals surface area contributed by atoms with E-state index in [1.807, 2.05) is 0 Å². The molecule has 0 radical (unpaired) electrons. The van der Waals surface area contributed by atoms with Crippen molar-refractivity contribution in [3.63, 3.8) is 0 Å². The Hall–Kier alpha value is -2.11. The molecule has 0 spiro atoms. The Morgan fingerprint density at radius 2 is 1.95 bits per heavy atom. The number of rotatable bonds is 2. The predicted molar refractivity (Wildman–Crippen MR) is 81.0 cm³/mol. The molecule has 0 unspecified atom stereocenters. The highest BCUT2D eigenvalue weighted by Gasteiger charge is 2.16. The van der Waals surface area contributed by atoms with Crippen LogP contribution in [0, 0.1) is 6.92 Å². The van der Waals surface area contributed by atoms with E-state index in [1.54, 1.807) is 25.1 Å². The Morgan fingerprint density at radius 3 is 2.62 bits per heavy atom. The van der Waals surface area contributed by atoms with Gasteiger partial charge in [-0.15, -0.1) is 0 Å². The number of aromatic carboxylic acids is 1. The van der Waals surface area contributed by atoms with Crippen molar-refractivity contribution >= 4 is 40.3 Å². The standard InChI is InChI=1S/C14H9Cl2N3O2/c1-6-17-12-8(14(20)21)5-11(19-13(12)18-6)7-2-3-9(15)10(16)4-7/h2-5H,1H3,(H,20,21)(H,17,18,19). The zero-order valence-corrected chi connectivity index (χ0v) is 12.3. The quantitative estimate of drug-likeness (QED) is 0.749. The maximum atomic E-state index is 11.4. The van der Waals surface area contributed by atoms with Crippen molar-refractivity contribution < 1.29 is 9.90 Å². The zero-order valence-electron chi connectivity index (χ0n) is 10.8. The smallest absolute Gasteiger partial charge is 0.338 e. The summed E-state index contributed by atoms with van der Waals surface area (Å²) >= 11 is 11.9. The molecule has 0 bridgehead atoms. The van der Waals surface area contributed by atoms with Crippen LogP contribution in [0.5, 0.6) is 0 Å². The minimum absolute atomic E-state index is 0.113. The minimum atomic E-state index is -1.05. The number of aromatic nitrogens is 3. The van der Waals surface area contributed by atoms with Crippen LogP contribution in [0.3, 0.4) is 0 Å². The van der Waals surface area contributed by atoms with Crippen LogP contribution in [-0.4, -0.2) is 26.0 Å². The number of carboxylic acids is 1. The predicted octanol–water partition coefficient (Wildman–Crippen LogP) is 3.94. The number of nitrogens with one attached hydrogen (secondary N) is 1. The van der Waals surface area contributed by atoms with Crippen LogP contribution in [0.4, 0.5) is 0 Å². The van der Waals surface area contributed by atoms with Crippen LogP contribution >= 0.6 is 23.2 Å². The fourth-order valence-corrected chi connectivity index (χ4v) is 2.37. The molecule has 0 amide bonds. The molecule has 5 nitrogen and oxygen atoms in total. The van der Waals surface area contributed by atoms with Gasteiger partial charge in [0.1, 0.15) is 5.82 Å². The highest BCUT2D eigenvalue weighted by Crippen LogP contribution is 2.29. The van der Waals surface area contributed by atoms with Crippen LogP contribution in [0.2, 0.25) is 10.0 Å². The van der Waals surface area contributed by atoms with Crippen molar-refractivity contribution in [1.29, 1.82) is 0 Å². The monoisotopic (exact) mass is 321 g/mol. The van der Waals surface area contributed by atoms with Gasteiger partial charge in [-0.3, -0.25) is 0 Å².